The maximum atomic E-state index is 13.7. The van der Waals surface area contributed by atoms with E-state index in [0.29, 0.717) is 11.1 Å². The zero-order chi connectivity index (χ0) is 29.4. The van der Waals surface area contributed by atoms with Crippen LogP contribution in [0.2, 0.25) is 0 Å². The molecule has 0 saturated carbocycles. The summed E-state index contributed by atoms with van der Waals surface area (Å²) in [5.41, 5.74) is 4.38. The van der Waals surface area contributed by atoms with E-state index in [0.717, 1.165) is 22.3 Å². The smallest absolute Gasteiger partial charge is 0.354 e. The van der Waals surface area contributed by atoms with Crippen LogP contribution in [-0.2, 0) is 32.4 Å². The molecule has 0 bridgehead atoms. The lowest BCUT2D eigenvalue weighted by molar-refractivity contribution is -0.147. The average Bonchev–Trinajstić information content (AvgIpc) is 3.03. The molecule has 3 N–H and O–H groups in total. The third-order valence-corrected chi connectivity index (χ3v) is 8.73. The van der Waals surface area contributed by atoms with Gasteiger partial charge in [-0.1, -0.05) is 146 Å². The highest BCUT2D eigenvalue weighted by molar-refractivity contribution is 7.53. The molecule has 0 radical (unpaired) electrons. The fourth-order valence-electron chi connectivity index (χ4n) is 5.09. The van der Waals surface area contributed by atoms with E-state index < -0.39 is 24.9 Å². The van der Waals surface area contributed by atoms with Gasteiger partial charge in [0.15, 0.2) is 5.28 Å². The lowest BCUT2D eigenvalue weighted by Crippen LogP contribution is -2.53. The van der Waals surface area contributed by atoms with Crippen molar-refractivity contribution >= 4 is 13.6 Å². The van der Waals surface area contributed by atoms with E-state index in [1.165, 1.54) is 0 Å². The van der Waals surface area contributed by atoms with Crippen LogP contribution in [0.1, 0.15) is 22.3 Å². The number of ether oxygens (including phenoxy) is 1. The average molecular weight is 578 g/mol. The topological polar surface area (TPSA) is 95.9 Å². The summed E-state index contributed by atoms with van der Waals surface area (Å²) in [4.78, 5) is 35.7. The molecule has 212 valence electrons. The summed E-state index contributed by atoms with van der Waals surface area (Å²) in [6.45, 7) is 0.0321. The summed E-state index contributed by atoms with van der Waals surface area (Å²) in [6.07, 6.45) is 0.143. The fourth-order valence-corrected chi connectivity index (χ4v) is 6.38. The Kier molecular flexibility index (Phi) is 9.11. The summed E-state index contributed by atoms with van der Waals surface area (Å²) in [5, 5.41) is 1.13. The van der Waals surface area contributed by atoms with E-state index in [-0.39, 0.29) is 13.0 Å². The molecule has 0 saturated heterocycles. The third kappa shape index (κ3) is 6.59. The molecule has 1 atom stereocenters. The van der Waals surface area contributed by atoms with E-state index in [9.17, 15) is 19.1 Å². The van der Waals surface area contributed by atoms with Crippen LogP contribution >= 0.6 is 7.60 Å². The second kappa shape index (κ2) is 13.1. The molecule has 0 aromatic heterocycles. The summed E-state index contributed by atoms with van der Waals surface area (Å²) in [6, 6.07) is 43.0. The Morgan fingerprint density at radius 3 is 1.60 bits per heavy atom. The Morgan fingerprint density at radius 1 is 0.643 bits per heavy atom. The van der Waals surface area contributed by atoms with Crippen LogP contribution in [0.15, 0.2) is 146 Å². The van der Waals surface area contributed by atoms with Crippen molar-refractivity contribution in [2.45, 2.75) is 24.3 Å². The molecule has 0 unspecified atom stereocenters. The molecule has 5 rings (SSSR count). The standard InChI is InChI=1S/C35H32NO5P/c37-34(41-26-28-13-5-1-6-14-28)33(25-27-21-23-30(24-22-27)29-15-7-2-8-16-29)36-35(42(38,39)40,31-17-9-3-10-18-31)32-19-11-4-12-20-32/h1-24,33,36H,25-26H2,(H2,38,39,40)/t33-/m0/s1. The Hall–Kier alpha value is -4.32. The predicted octanol–water partition coefficient (Wildman–Crippen LogP) is 6.68. The summed E-state index contributed by atoms with van der Waals surface area (Å²) in [7, 11) is -4.99. The highest BCUT2D eigenvalue weighted by Crippen LogP contribution is 2.59. The van der Waals surface area contributed by atoms with Gasteiger partial charge in [-0.05, 0) is 39.8 Å². The number of hydrogen-bond acceptors (Lipinski definition) is 4. The van der Waals surface area contributed by atoms with Crippen LogP contribution in [-0.4, -0.2) is 21.8 Å². The highest BCUT2D eigenvalue weighted by atomic mass is 31.2. The van der Waals surface area contributed by atoms with Crippen LogP contribution in [0.5, 0.6) is 0 Å². The van der Waals surface area contributed by atoms with Gasteiger partial charge in [0.25, 0.3) is 0 Å². The number of hydrogen-bond donors (Lipinski definition) is 3. The second-order valence-corrected chi connectivity index (χ2v) is 11.8. The minimum Gasteiger partial charge on any atom is -0.460 e. The van der Waals surface area contributed by atoms with E-state index in [2.05, 4.69) is 5.32 Å². The minimum atomic E-state index is -4.99. The molecule has 5 aromatic rings. The molecule has 0 aliphatic carbocycles. The lowest BCUT2D eigenvalue weighted by Gasteiger charge is -2.39. The molecule has 6 nitrogen and oxygen atoms in total. The SMILES string of the molecule is O=C(OCc1ccccc1)[C@H](Cc1ccc(-c2ccccc2)cc1)NC(c1ccccc1)(c1ccccc1)P(=O)(O)O. The Bertz CT molecular complexity index is 1580. The molecule has 0 spiro atoms. The predicted molar refractivity (Wildman–Crippen MR) is 164 cm³/mol. The van der Waals surface area contributed by atoms with Crippen LogP contribution in [0.25, 0.3) is 11.1 Å². The van der Waals surface area contributed by atoms with Crippen molar-refractivity contribution in [1.82, 2.24) is 5.32 Å². The van der Waals surface area contributed by atoms with Gasteiger partial charge in [-0.2, -0.15) is 0 Å². The lowest BCUT2D eigenvalue weighted by atomic mass is 9.95. The molecule has 5 aromatic carbocycles. The minimum absolute atomic E-state index is 0.0321. The summed E-state index contributed by atoms with van der Waals surface area (Å²) >= 11 is 0. The number of nitrogens with one attached hydrogen (secondary N) is 1. The highest BCUT2D eigenvalue weighted by Gasteiger charge is 2.52. The monoisotopic (exact) mass is 577 g/mol. The van der Waals surface area contributed by atoms with Crippen molar-refractivity contribution in [1.29, 1.82) is 0 Å². The maximum Gasteiger partial charge on any atom is 0.354 e. The number of carbonyl (C=O) groups is 1. The molecular formula is C35H32NO5P. The van der Waals surface area contributed by atoms with Crippen molar-refractivity contribution in [3.8, 4) is 11.1 Å². The van der Waals surface area contributed by atoms with Gasteiger partial charge >= 0.3 is 13.6 Å². The maximum absolute atomic E-state index is 13.7. The van der Waals surface area contributed by atoms with Crippen LogP contribution in [0.3, 0.4) is 0 Å². The molecule has 0 heterocycles. The first-order valence-corrected chi connectivity index (χ1v) is 15.3. The molecule has 0 fully saturated rings. The molecular weight excluding hydrogens is 545 g/mol. The van der Waals surface area contributed by atoms with Crippen LogP contribution < -0.4 is 5.32 Å². The molecule has 0 aliphatic rings. The zero-order valence-electron chi connectivity index (χ0n) is 22.9. The van der Waals surface area contributed by atoms with Crippen molar-refractivity contribution in [3.05, 3.63) is 168 Å². The normalized spacial score (nSPS) is 12.4. The second-order valence-electron chi connectivity index (χ2n) is 10.0. The fraction of sp³-hybridized carbons (Fsp3) is 0.114. The first-order valence-electron chi connectivity index (χ1n) is 13.7. The van der Waals surface area contributed by atoms with Gasteiger partial charge in [0.05, 0.1) is 0 Å². The molecule has 42 heavy (non-hydrogen) atoms. The van der Waals surface area contributed by atoms with Crippen molar-refractivity contribution in [3.63, 3.8) is 0 Å². The molecule has 0 aliphatic heterocycles. The summed E-state index contributed by atoms with van der Waals surface area (Å²) < 4.78 is 19.3. The number of benzene rings is 5. The van der Waals surface area contributed by atoms with Gasteiger partial charge in [0.2, 0.25) is 0 Å². The van der Waals surface area contributed by atoms with Gasteiger partial charge in [-0.3, -0.25) is 14.7 Å². The van der Waals surface area contributed by atoms with Crippen molar-refractivity contribution in [2.24, 2.45) is 0 Å². The quantitative estimate of drug-likeness (QED) is 0.120. The van der Waals surface area contributed by atoms with Crippen LogP contribution in [0.4, 0.5) is 0 Å². The molecule has 0 amide bonds. The van der Waals surface area contributed by atoms with Gasteiger partial charge in [-0.25, -0.2) is 0 Å². The Morgan fingerprint density at radius 2 is 1.10 bits per heavy atom. The van der Waals surface area contributed by atoms with E-state index in [1.54, 1.807) is 60.7 Å². The number of carbonyl (C=O) groups excluding carboxylic acids is 1. The van der Waals surface area contributed by atoms with Crippen LogP contribution in [0, 0.1) is 0 Å². The first kappa shape index (κ1) is 29.2. The Balaban J connectivity index is 1.54. The Labute approximate surface area is 245 Å². The van der Waals surface area contributed by atoms with Crippen molar-refractivity contribution < 1.29 is 23.9 Å². The van der Waals surface area contributed by atoms with Gasteiger partial charge in [0.1, 0.15) is 12.6 Å². The van der Waals surface area contributed by atoms with Gasteiger partial charge < -0.3 is 14.5 Å². The van der Waals surface area contributed by atoms with E-state index in [4.69, 9.17) is 4.74 Å². The molecule has 7 heteroatoms. The zero-order valence-corrected chi connectivity index (χ0v) is 23.8. The van der Waals surface area contributed by atoms with Gasteiger partial charge in [0, 0.05) is 0 Å². The van der Waals surface area contributed by atoms with E-state index in [1.807, 2.05) is 84.9 Å². The summed E-state index contributed by atoms with van der Waals surface area (Å²) in [5.74, 6) is -0.615. The van der Waals surface area contributed by atoms with Gasteiger partial charge in [-0.15, -0.1) is 0 Å². The first-order chi connectivity index (χ1) is 20.4. The third-order valence-electron chi connectivity index (χ3n) is 7.21. The number of esters is 1. The van der Waals surface area contributed by atoms with E-state index >= 15 is 0 Å². The number of rotatable bonds is 11. The van der Waals surface area contributed by atoms with Crippen molar-refractivity contribution in [2.75, 3.05) is 0 Å². The largest absolute Gasteiger partial charge is 0.460 e.